The van der Waals surface area contributed by atoms with Crippen molar-refractivity contribution in [3.05, 3.63) is 54.1 Å². The lowest BCUT2D eigenvalue weighted by Gasteiger charge is -2.15. The lowest BCUT2D eigenvalue weighted by atomic mass is 10.1. The molecule has 6 heteroatoms. The average Bonchev–Trinajstić information content (AvgIpc) is 2.64. The number of allylic oxidation sites excluding steroid dienone is 3. The van der Waals surface area contributed by atoms with E-state index < -0.39 is 12.1 Å². The molecule has 0 unspecified atom stereocenters. The zero-order valence-corrected chi connectivity index (χ0v) is 16.7. The molecule has 152 valence electrons. The van der Waals surface area contributed by atoms with Crippen molar-refractivity contribution in [1.29, 1.82) is 0 Å². The average molecular weight is 379 g/mol. The van der Waals surface area contributed by atoms with E-state index in [1.165, 1.54) is 11.6 Å². The minimum absolute atomic E-state index is 0.303. The number of methoxy groups -OCH3 is 1. The van der Waals surface area contributed by atoms with Crippen molar-refractivity contribution in [2.24, 2.45) is 0 Å². The number of carbonyl (C=O) groups is 1. The number of aliphatic hydroxyl groups is 1. The molecular weight excluding hydrogens is 346 g/mol. The first-order valence-electron chi connectivity index (χ1n) is 9.03. The van der Waals surface area contributed by atoms with Crippen LogP contribution in [0, 0.1) is 0 Å². The second kappa shape index (κ2) is 16.1. The predicted octanol–water partition coefficient (Wildman–Crippen LogP) is 2.82. The van der Waals surface area contributed by atoms with E-state index in [1.54, 1.807) is 19.3 Å². The van der Waals surface area contributed by atoms with E-state index in [4.69, 9.17) is 14.6 Å². The third kappa shape index (κ3) is 15.8. The summed E-state index contributed by atoms with van der Waals surface area (Å²) in [6.07, 6.45) is 6.39. The standard InChI is InChI=1S/C15H25NO3.C6H8O2/c1-12(2)16-10-14(17)11-19-15-6-4-13(5-7-15)8-9-18-3;1-2-3-4-5-6(7)8/h4-7,12,14,16-17H,8-11H2,1-3H3;2-5H,1H3,(H,7,8)/t14-;/m0./s1. The van der Waals surface area contributed by atoms with Gasteiger partial charge in [-0.3, -0.25) is 0 Å². The third-order valence-corrected chi connectivity index (χ3v) is 3.26. The van der Waals surface area contributed by atoms with Crippen LogP contribution in [0.2, 0.25) is 0 Å². The normalized spacial score (nSPS) is 12.2. The molecule has 0 aliphatic rings. The molecule has 3 N–H and O–H groups in total. The molecule has 0 saturated carbocycles. The Balaban J connectivity index is 0.000000713. The number of aliphatic hydroxyl groups excluding tert-OH is 1. The molecule has 0 aliphatic heterocycles. The number of aliphatic carboxylic acids is 1. The van der Waals surface area contributed by atoms with Gasteiger partial charge < -0.3 is 25.0 Å². The molecule has 0 heterocycles. The van der Waals surface area contributed by atoms with Gasteiger partial charge in [0, 0.05) is 25.8 Å². The summed E-state index contributed by atoms with van der Waals surface area (Å²) >= 11 is 0. The molecule has 6 nitrogen and oxygen atoms in total. The van der Waals surface area contributed by atoms with Crippen LogP contribution < -0.4 is 10.1 Å². The molecule has 0 fully saturated rings. The molecule has 0 saturated heterocycles. The highest BCUT2D eigenvalue weighted by Gasteiger charge is 2.05. The molecule has 0 radical (unpaired) electrons. The van der Waals surface area contributed by atoms with E-state index in [9.17, 15) is 9.90 Å². The van der Waals surface area contributed by atoms with Gasteiger partial charge in [-0.1, -0.05) is 44.2 Å². The Labute approximate surface area is 162 Å². The first kappa shape index (κ1) is 24.8. The lowest BCUT2D eigenvalue weighted by molar-refractivity contribution is -0.131. The number of nitrogens with one attached hydrogen (secondary N) is 1. The number of hydrogen-bond acceptors (Lipinski definition) is 5. The fourth-order valence-corrected chi connectivity index (χ4v) is 1.84. The number of hydrogen-bond donors (Lipinski definition) is 3. The summed E-state index contributed by atoms with van der Waals surface area (Å²) in [5.74, 6) is -0.132. The van der Waals surface area contributed by atoms with Crippen molar-refractivity contribution < 1.29 is 24.5 Å². The summed E-state index contributed by atoms with van der Waals surface area (Å²) in [6, 6.07) is 8.26. The Bertz CT molecular complexity index is 552. The minimum atomic E-state index is -0.914. The zero-order valence-electron chi connectivity index (χ0n) is 16.7. The predicted molar refractivity (Wildman–Crippen MR) is 108 cm³/mol. The van der Waals surface area contributed by atoms with E-state index in [0.29, 0.717) is 19.2 Å². The second-order valence-corrected chi connectivity index (χ2v) is 6.14. The largest absolute Gasteiger partial charge is 0.491 e. The Hall–Kier alpha value is -2.15. The van der Waals surface area contributed by atoms with E-state index in [2.05, 4.69) is 5.32 Å². The molecule has 1 atom stereocenters. The maximum absolute atomic E-state index is 9.75. The molecule has 27 heavy (non-hydrogen) atoms. The lowest BCUT2D eigenvalue weighted by Crippen LogP contribution is -2.35. The number of carboxylic acids is 1. The number of carboxylic acid groups (broad SMARTS) is 1. The molecule has 0 aromatic heterocycles. The van der Waals surface area contributed by atoms with Crippen LogP contribution in [0.5, 0.6) is 5.75 Å². The van der Waals surface area contributed by atoms with E-state index in [0.717, 1.165) is 24.9 Å². The number of benzene rings is 1. The maximum atomic E-state index is 9.75. The van der Waals surface area contributed by atoms with Gasteiger partial charge in [-0.05, 0) is 31.0 Å². The van der Waals surface area contributed by atoms with Crippen LogP contribution in [0.1, 0.15) is 26.3 Å². The Kier molecular flexibility index (Phi) is 14.8. The van der Waals surface area contributed by atoms with Crippen LogP contribution in [0.4, 0.5) is 0 Å². The van der Waals surface area contributed by atoms with Crippen LogP contribution in [-0.2, 0) is 16.0 Å². The first-order chi connectivity index (χ1) is 12.9. The SMILES string of the molecule is CC=CC=CC(=O)O.COCCc1ccc(OC[C@@H](O)CNC(C)C)cc1. The fourth-order valence-electron chi connectivity index (χ4n) is 1.84. The maximum Gasteiger partial charge on any atom is 0.328 e. The van der Waals surface area contributed by atoms with Crippen molar-refractivity contribution in [2.75, 3.05) is 26.9 Å². The van der Waals surface area contributed by atoms with Gasteiger partial charge in [-0.15, -0.1) is 0 Å². The van der Waals surface area contributed by atoms with Gasteiger partial charge in [0.25, 0.3) is 0 Å². The van der Waals surface area contributed by atoms with Crippen molar-refractivity contribution >= 4 is 5.97 Å². The highest BCUT2D eigenvalue weighted by Crippen LogP contribution is 2.12. The topological polar surface area (TPSA) is 88.0 Å². The highest BCUT2D eigenvalue weighted by atomic mass is 16.5. The Morgan fingerprint density at radius 2 is 1.89 bits per heavy atom. The fraction of sp³-hybridized carbons (Fsp3) is 0.476. The Morgan fingerprint density at radius 3 is 2.41 bits per heavy atom. The summed E-state index contributed by atoms with van der Waals surface area (Å²) < 4.78 is 10.6. The van der Waals surface area contributed by atoms with Crippen LogP contribution in [0.15, 0.2) is 48.6 Å². The molecule has 0 amide bonds. The van der Waals surface area contributed by atoms with Crippen molar-refractivity contribution in [3.8, 4) is 5.75 Å². The molecule has 0 spiro atoms. The molecule has 1 aromatic carbocycles. The number of rotatable bonds is 11. The molecule has 0 bridgehead atoms. The summed E-state index contributed by atoms with van der Waals surface area (Å²) in [7, 11) is 1.70. The van der Waals surface area contributed by atoms with Gasteiger partial charge in [0.15, 0.2) is 0 Å². The van der Waals surface area contributed by atoms with E-state index in [-0.39, 0.29) is 0 Å². The second-order valence-electron chi connectivity index (χ2n) is 6.14. The van der Waals surface area contributed by atoms with Gasteiger partial charge in [-0.25, -0.2) is 4.79 Å². The summed E-state index contributed by atoms with van der Waals surface area (Å²) in [5, 5.41) is 20.9. The summed E-state index contributed by atoms with van der Waals surface area (Å²) in [5.41, 5.74) is 1.22. The van der Waals surface area contributed by atoms with Crippen LogP contribution >= 0.6 is 0 Å². The molecule has 1 rings (SSSR count). The molecular formula is C21H33NO5. The Morgan fingerprint density at radius 1 is 1.22 bits per heavy atom. The van der Waals surface area contributed by atoms with E-state index in [1.807, 2.05) is 45.0 Å². The van der Waals surface area contributed by atoms with Crippen LogP contribution in [-0.4, -0.2) is 55.2 Å². The minimum Gasteiger partial charge on any atom is -0.491 e. The molecule has 1 aromatic rings. The van der Waals surface area contributed by atoms with E-state index >= 15 is 0 Å². The van der Waals surface area contributed by atoms with Gasteiger partial charge in [0.2, 0.25) is 0 Å². The molecule has 0 aliphatic carbocycles. The van der Waals surface area contributed by atoms with Crippen LogP contribution in [0.25, 0.3) is 0 Å². The van der Waals surface area contributed by atoms with Crippen molar-refractivity contribution in [1.82, 2.24) is 5.32 Å². The smallest absolute Gasteiger partial charge is 0.328 e. The summed E-state index contributed by atoms with van der Waals surface area (Å²) in [4.78, 5) is 9.75. The van der Waals surface area contributed by atoms with Crippen molar-refractivity contribution in [3.63, 3.8) is 0 Å². The van der Waals surface area contributed by atoms with Crippen molar-refractivity contribution in [2.45, 2.75) is 39.3 Å². The quantitative estimate of drug-likeness (QED) is 0.405. The highest BCUT2D eigenvalue weighted by molar-refractivity contribution is 5.80. The van der Waals surface area contributed by atoms with Gasteiger partial charge in [0.1, 0.15) is 18.5 Å². The summed E-state index contributed by atoms with van der Waals surface area (Å²) in [6.45, 7) is 7.49. The van der Waals surface area contributed by atoms with Gasteiger partial charge in [0.05, 0.1) is 6.61 Å². The monoisotopic (exact) mass is 379 g/mol. The number of ether oxygens (including phenoxy) is 2. The third-order valence-electron chi connectivity index (χ3n) is 3.26. The van der Waals surface area contributed by atoms with Gasteiger partial charge in [-0.2, -0.15) is 0 Å². The first-order valence-corrected chi connectivity index (χ1v) is 9.03. The van der Waals surface area contributed by atoms with Crippen LogP contribution in [0.3, 0.4) is 0 Å². The van der Waals surface area contributed by atoms with Gasteiger partial charge >= 0.3 is 5.97 Å². The zero-order chi connectivity index (χ0) is 20.5.